The maximum atomic E-state index is 12.1. The SMILES string of the molecule is CNS(=O)(=O)c1cccc(-c2cc(-c3nnc(SCC(=O)O)[nH]3)cc([N+](=O)O)c2)c1. The molecule has 0 saturated carbocycles. The zero-order valence-electron chi connectivity index (χ0n) is 15.4. The highest BCUT2D eigenvalue weighted by Gasteiger charge is 2.19. The molecule has 2 aromatic carbocycles. The van der Waals surface area contributed by atoms with Gasteiger partial charge in [0, 0.05) is 17.7 Å². The highest BCUT2D eigenvalue weighted by molar-refractivity contribution is 7.99. The second kappa shape index (κ2) is 8.61. The smallest absolute Gasteiger partial charge is 0.317 e. The molecule has 0 radical (unpaired) electrons. The minimum Gasteiger partial charge on any atom is -0.481 e. The van der Waals surface area contributed by atoms with Gasteiger partial charge >= 0.3 is 11.7 Å². The Morgan fingerprint density at radius 2 is 1.90 bits per heavy atom. The summed E-state index contributed by atoms with van der Waals surface area (Å²) in [5.41, 5.74) is 1.20. The number of rotatable bonds is 8. The summed E-state index contributed by atoms with van der Waals surface area (Å²) in [6, 6.07) is 10.4. The fraction of sp³-hybridized carbons (Fsp3) is 0.118. The number of aromatic nitrogens is 3. The van der Waals surface area contributed by atoms with Crippen LogP contribution in [0.15, 0.2) is 52.5 Å². The van der Waals surface area contributed by atoms with Gasteiger partial charge in [-0.25, -0.2) is 18.3 Å². The molecular weight excluding hydrogens is 434 g/mol. The third-order valence-electron chi connectivity index (χ3n) is 3.96. The van der Waals surface area contributed by atoms with Gasteiger partial charge in [0.1, 0.15) is 0 Å². The van der Waals surface area contributed by atoms with E-state index < -0.39 is 16.0 Å². The molecule has 11 nitrogen and oxygen atoms in total. The summed E-state index contributed by atoms with van der Waals surface area (Å²) in [4.78, 5) is 24.8. The predicted molar refractivity (Wildman–Crippen MR) is 107 cm³/mol. The molecule has 1 heterocycles. The molecule has 0 saturated heterocycles. The maximum absolute atomic E-state index is 12.1. The van der Waals surface area contributed by atoms with Crippen molar-refractivity contribution in [2.75, 3.05) is 12.8 Å². The van der Waals surface area contributed by atoms with Gasteiger partial charge in [0.25, 0.3) is 4.92 Å². The summed E-state index contributed by atoms with van der Waals surface area (Å²) >= 11 is 0.938. The third kappa shape index (κ3) is 4.82. The number of benzene rings is 2. The zero-order valence-corrected chi connectivity index (χ0v) is 17.1. The van der Waals surface area contributed by atoms with Crippen molar-refractivity contribution >= 4 is 33.4 Å². The summed E-state index contributed by atoms with van der Waals surface area (Å²) in [5, 5.41) is 26.2. The van der Waals surface area contributed by atoms with Crippen LogP contribution in [0.2, 0.25) is 0 Å². The first-order valence-corrected chi connectivity index (χ1v) is 10.8. The van der Waals surface area contributed by atoms with E-state index in [2.05, 4.69) is 19.9 Å². The Kier molecular flexibility index (Phi) is 6.14. The number of nitrogens with one attached hydrogen (secondary N) is 2. The molecule has 13 heteroatoms. The van der Waals surface area contributed by atoms with Crippen molar-refractivity contribution in [3.63, 3.8) is 0 Å². The van der Waals surface area contributed by atoms with Crippen molar-refractivity contribution < 1.29 is 28.4 Å². The number of sulfonamides is 1. The average Bonchev–Trinajstić information content (AvgIpc) is 3.21. The third-order valence-corrected chi connectivity index (χ3v) is 6.22. The van der Waals surface area contributed by atoms with Crippen LogP contribution < -0.4 is 4.72 Å². The lowest BCUT2D eigenvalue weighted by molar-refractivity contribution is -0.729. The van der Waals surface area contributed by atoms with E-state index in [9.17, 15) is 23.3 Å². The number of nitrogens with zero attached hydrogens (tertiary/aromatic N) is 3. The number of carboxylic acids is 1. The summed E-state index contributed by atoms with van der Waals surface area (Å²) < 4.78 is 26.4. The normalized spacial score (nSPS) is 11.4. The molecule has 0 fully saturated rings. The van der Waals surface area contributed by atoms with Crippen LogP contribution >= 0.6 is 11.8 Å². The quantitative estimate of drug-likeness (QED) is 0.297. The Balaban J connectivity index is 2.06. The molecule has 0 bridgehead atoms. The predicted octanol–water partition coefficient (Wildman–Crippen LogP) is 2.02. The van der Waals surface area contributed by atoms with Crippen molar-refractivity contribution in [3.05, 3.63) is 47.4 Å². The van der Waals surface area contributed by atoms with Crippen LogP contribution in [-0.4, -0.2) is 57.6 Å². The fourth-order valence-electron chi connectivity index (χ4n) is 2.56. The molecule has 0 aliphatic rings. The molecule has 0 aliphatic heterocycles. The summed E-state index contributed by atoms with van der Waals surface area (Å²) in [7, 11) is -2.38. The largest absolute Gasteiger partial charge is 0.481 e. The number of hydrogen-bond donors (Lipinski definition) is 4. The number of aromatic amines is 1. The van der Waals surface area contributed by atoms with E-state index in [1.807, 2.05) is 0 Å². The van der Waals surface area contributed by atoms with Crippen molar-refractivity contribution in [1.29, 1.82) is 0 Å². The Morgan fingerprint density at radius 3 is 2.57 bits per heavy atom. The van der Waals surface area contributed by atoms with E-state index >= 15 is 0 Å². The second-order valence-corrected chi connectivity index (χ2v) is 8.79. The number of H-pyrrole nitrogens is 1. The van der Waals surface area contributed by atoms with Crippen LogP contribution in [0.25, 0.3) is 22.5 Å². The number of hydrogen-bond acceptors (Lipinski definition) is 7. The lowest BCUT2D eigenvalue weighted by Crippen LogP contribution is -2.18. The summed E-state index contributed by atoms with van der Waals surface area (Å²) in [6.07, 6.45) is 0. The van der Waals surface area contributed by atoms with Crippen LogP contribution in [0, 0.1) is 4.91 Å². The van der Waals surface area contributed by atoms with Crippen LogP contribution in [0.3, 0.4) is 0 Å². The van der Waals surface area contributed by atoms with Gasteiger partial charge in [-0.3, -0.25) is 4.79 Å². The minimum atomic E-state index is -3.68. The van der Waals surface area contributed by atoms with Crippen molar-refractivity contribution in [2.45, 2.75) is 10.1 Å². The van der Waals surface area contributed by atoms with Gasteiger partial charge in [0.05, 0.1) is 15.6 Å². The Hall–Kier alpha value is -3.29. The lowest BCUT2D eigenvalue weighted by atomic mass is 10.0. The molecule has 3 aromatic rings. The average molecular weight is 450 g/mol. The zero-order chi connectivity index (χ0) is 21.9. The minimum absolute atomic E-state index is 0.0319. The van der Waals surface area contributed by atoms with Gasteiger partial charge in [-0.15, -0.1) is 10.2 Å². The first kappa shape index (κ1) is 21.4. The van der Waals surface area contributed by atoms with Gasteiger partial charge < -0.3 is 10.1 Å². The van der Waals surface area contributed by atoms with Crippen molar-refractivity contribution in [2.24, 2.45) is 0 Å². The van der Waals surface area contributed by atoms with Crippen LogP contribution in [0.4, 0.5) is 5.69 Å². The fourth-order valence-corrected chi connectivity index (χ4v) is 3.86. The Morgan fingerprint density at radius 1 is 1.17 bits per heavy atom. The number of carbonyl (C=O) groups is 1. The van der Waals surface area contributed by atoms with Gasteiger partial charge in [-0.2, -0.15) is 0 Å². The molecule has 0 spiro atoms. The van der Waals surface area contributed by atoms with E-state index in [-0.39, 0.29) is 32.2 Å². The highest BCUT2D eigenvalue weighted by Crippen LogP contribution is 2.31. The molecule has 1 aromatic heterocycles. The molecule has 0 amide bonds. The summed E-state index contributed by atoms with van der Waals surface area (Å²) in [5.74, 6) is -0.981. The topological polar surface area (TPSA) is 165 Å². The Labute approximate surface area is 174 Å². The van der Waals surface area contributed by atoms with E-state index in [0.717, 1.165) is 11.8 Å². The van der Waals surface area contributed by atoms with Gasteiger partial charge in [-0.05, 0) is 36.4 Å². The Bertz CT molecular complexity index is 1220. The van der Waals surface area contributed by atoms with E-state index in [4.69, 9.17) is 5.11 Å². The van der Waals surface area contributed by atoms with Crippen LogP contribution in [0.1, 0.15) is 0 Å². The lowest BCUT2D eigenvalue weighted by Gasteiger charge is -2.07. The van der Waals surface area contributed by atoms with Crippen molar-refractivity contribution in [1.82, 2.24) is 19.9 Å². The van der Waals surface area contributed by atoms with E-state index in [1.54, 1.807) is 18.2 Å². The van der Waals surface area contributed by atoms with Gasteiger partial charge in [0.2, 0.25) is 10.0 Å². The molecule has 3 rings (SSSR count). The molecule has 156 valence electrons. The molecule has 30 heavy (non-hydrogen) atoms. The molecular formula is C17H16N5O6S2+. The van der Waals surface area contributed by atoms with Gasteiger partial charge in [0.15, 0.2) is 11.0 Å². The first-order valence-electron chi connectivity index (χ1n) is 8.32. The van der Waals surface area contributed by atoms with Crippen LogP contribution in [-0.2, 0) is 14.8 Å². The van der Waals surface area contributed by atoms with Crippen LogP contribution in [0.5, 0.6) is 0 Å². The van der Waals surface area contributed by atoms with E-state index in [0.29, 0.717) is 16.7 Å². The highest BCUT2D eigenvalue weighted by atomic mass is 32.2. The maximum Gasteiger partial charge on any atom is 0.317 e. The first-order chi connectivity index (χ1) is 14.2. The van der Waals surface area contributed by atoms with Gasteiger partial charge in [-0.1, -0.05) is 23.9 Å². The van der Waals surface area contributed by atoms with Crippen molar-refractivity contribution in [3.8, 4) is 22.5 Å². The second-order valence-electron chi connectivity index (χ2n) is 5.94. The molecule has 0 atom stereocenters. The monoisotopic (exact) mass is 450 g/mol. The number of carboxylic acid groups (broad SMARTS) is 1. The number of thioether (sulfide) groups is 1. The summed E-state index contributed by atoms with van der Waals surface area (Å²) in [6.45, 7) is 0. The number of aliphatic carboxylic acids is 1. The molecule has 0 unspecified atom stereocenters. The molecule has 4 N–H and O–H groups in total. The van der Waals surface area contributed by atoms with E-state index in [1.165, 1.54) is 31.3 Å². The standard InChI is InChI=1S/C17H15N5O6S2/c1-18-30(27,28)14-4-2-3-10(8-14)11-5-12(7-13(6-11)22(25)26)16-19-17(21-20-16)29-9-15(23)24/h2-8,18H,9H2,1H3,(H2-,19,20,21,23,24,25,26)/p+1. The molecule has 0 aliphatic carbocycles.